The van der Waals surface area contributed by atoms with Gasteiger partial charge in [0.05, 0.1) is 6.61 Å². The molecule has 0 saturated carbocycles. The molecule has 8 nitrogen and oxygen atoms in total. The zero-order valence-electron chi connectivity index (χ0n) is 19.1. The number of benzene rings is 1. The third-order valence-corrected chi connectivity index (χ3v) is 4.37. The second kappa shape index (κ2) is 16.7. The summed E-state index contributed by atoms with van der Waals surface area (Å²) in [6.07, 6.45) is 4.08. The summed E-state index contributed by atoms with van der Waals surface area (Å²) in [7, 11) is 0. The standard InChI is InChI=1S/C16H26N2O2.C7H10O4/c1-4-6-7-13(5-2)11-20-16(19)18-14-9-8-12(3)15(17)10-14;1-6(2)7(9)11-4-3-10-5-8/h8-10,13H,4-7,11,17H2,1-3H3,(H,18,19);5H,1,3-4H2,2H3. The zero-order chi connectivity index (χ0) is 23.6. The van der Waals surface area contributed by atoms with Gasteiger partial charge in [0, 0.05) is 16.9 Å². The molecule has 8 heteroatoms. The molecule has 0 bridgehead atoms. The smallest absolute Gasteiger partial charge is 0.411 e. The van der Waals surface area contributed by atoms with E-state index in [0.717, 1.165) is 18.4 Å². The van der Waals surface area contributed by atoms with Gasteiger partial charge >= 0.3 is 12.1 Å². The van der Waals surface area contributed by atoms with E-state index < -0.39 is 12.1 Å². The van der Waals surface area contributed by atoms with Crippen LogP contribution in [0.4, 0.5) is 16.2 Å². The molecule has 0 spiro atoms. The molecule has 1 aromatic rings. The Morgan fingerprint density at radius 2 is 1.94 bits per heavy atom. The van der Waals surface area contributed by atoms with Crippen molar-refractivity contribution < 1.29 is 28.6 Å². The summed E-state index contributed by atoms with van der Waals surface area (Å²) in [5.41, 5.74) is 8.46. The molecule has 1 amide bonds. The topological polar surface area (TPSA) is 117 Å². The second-order valence-electron chi connectivity index (χ2n) is 7.09. The van der Waals surface area contributed by atoms with E-state index in [9.17, 15) is 14.4 Å². The summed E-state index contributed by atoms with van der Waals surface area (Å²) >= 11 is 0. The normalized spacial score (nSPS) is 10.7. The fourth-order valence-corrected chi connectivity index (χ4v) is 2.32. The molecule has 0 fully saturated rings. The van der Waals surface area contributed by atoms with Crippen LogP contribution in [0.2, 0.25) is 0 Å². The summed E-state index contributed by atoms with van der Waals surface area (Å²) in [5, 5.41) is 2.70. The Hall–Kier alpha value is -3.03. The number of nitrogens with two attached hydrogens (primary N) is 1. The van der Waals surface area contributed by atoms with E-state index in [0.29, 0.717) is 35.9 Å². The van der Waals surface area contributed by atoms with E-state index >= 15 is 0 Å². The van der Waals surface area contributed by atoms with Crippen LogP contribution in [0.3, 0.4) is 0 Å². The van der Waals surface area contributed by atoms with Crippen molar-refractivity contribution >= 4 is 29.9 Å². The molecular formula is C23H36N2O6. The summed E-state index contributed by atoms with van der Waals surface area (Å²) in [6.45, 7) is 12.1. The highest BCUT2D eigenvalue weighted by atomic mass is 16.6. The minimum atomic E-state index is -0.473. The van der Waals surface area contributed by atoms with E-state index in [-0.39, 0.29) is 13.2 Å². The Morgan fingerprint density at radius 1 is 1.23 bits per heavy atom. The van der Waals surface area contributed by atoms with Crippen LogP contribution >= 0.6 is 0 Å². The maximum atomic E-state index is 11.7. The van der Waals surface area contributed by atoms with Crippen molar-refractivity contribution in [2.75, 3.05) is 30.9 Å². The number of amides is 1. The fraction of sp³-hybridized carbons (Fsp3) is 0.522. The molecule has 0 aliphatic carbocycles. The lowest BCUT2D eigenvalue weighted by Gasteiger charge is -2.15. The first-order valence-corrected chi connectivity index (χ1v) is 10.4. The molecule has 0 heterocycles. The van der Waals surface area contributed by atoms with Crippen LogP contribution in [-0.2, 0) is 23.8 Å². The monoisotopic (exact) mass is 436 g/mol. The van der Waals surface area contributed by atoms with Crippen molar-refractivity contribution in [1.29, 1.82) is 0 Å². The number of unbranched alkanes of at least 4 members (excludes halogenated alkanes) is 1. The molecule has 1 aromatic carbocycles. The molecule has 3 N–H and O–H groups in total. The molecule has 0 aliphatic heterocycles. The third-order valence-electron chi connectivity index (χ3n) is 4.37. The van der Waals surface area contributed by atoms with Gasteiger partial charge in [0.2, 0.25) is 0 Å². The lowest BCUT2D eigenvalue weighted by molar-refractivity contribution is -0.143. The number of carbonyl (C=O) groups excluding carboxylic acids is 3. The van der Waals surface area contributed by atoms with Crippen LogP contribution < -0.4 is 11.1 Å². The predicted molar refractivity (Wildman–Crippen MR) is 122 cm³/mol. The van der Waals surface area contributed by atoms with E-state index in [1.54, 1.807) is 13.0 Å². The highest BCUT2D eigenvalue weighted by Gasteiger charge is 2.10. The minimum absolute atomic E-state index is 0.0738. The predicted octanol–water partition coefficient (Wildman–Crippen LogP) is 4.62. The lowest BCUT2D eigenvalue weighted by Crippen LogP contribution is -2.18. The largest absolute Gasteiger partial charge is 0.464 e. The van der Waals surface area contributed by atoms with Crippen LogP contribution in [0, 0.1) is 12.8 Å². The molecule has 0 aromatic heterocycles. The van der Waals surface area contributed by atoms with Gasteiger partial charge in [0.25, 0.3) is 6.47 Å². The maximum absolute atomic E-state index is 11.7. The summed E-state index contributed by atoms with van der Waals surface area (Å²) in [4.78, 5) is 32.0. The molecule has 1 unspecified atom stereocenters. The van der Waals surface area contributed by atoms with Crippen LogP contribution in [-0.4, -0.2) is 38.4 Å². The minimum Gasteiger partial charge on any atom is -0.464 e. The van der Waals surface area contributed by atoms with Crippen LogP contribution in [0.1, 0.15) is 52.0 Å². The highest BCUT2D eigenvalue weighted by molar-refractivity contribution is 5.87. The van der Waals surface area contributed by atoms with Gasteiger partial charge in [-0.1, -0.05) is 45.8 Å². The second-order valence-corrected chi connectivity index (χ2v) is 7.09. The highest BCUT2D eigenvalue weighted by Crippen LogP contribution is 2.17. The lowest BCUT2D eigenvalue weighted by atomic mass is 10.0. The zero-order valence-corrected chi connectivity index (χ0v) is 19.1. The quantitative estimate of drug-likeness (QED) is 0.123. The van der Waals surface area contributed by atoms with Crippen molar-refractivity contribution in [3.63, 3.8) is 0 Å². The number of hydrogen-bond acceptors (Lipinski definition) is 7. The molecule has 0 radical (unpaired) electrons. The van der Waals surface area contributed by atoms with Crippen LogP contribution in [0.15, 0.2) is 30.4 Å². The number of nitrogen functional groups attached to an aromatic ring is 1. The molecule has 0 aliphatic rings. The SMILES string of the molecule is C=C(C)C(=O)OCCOC=O.CCCCC(CC)COC(=O)Nc1ccc(C)c(N)c1. The summed E-state index contributed by atoms with van der Waals surface area (Å²) in [5.74, 6) is -0.0247. The van der Waals surface area contributed by atoms with E-state index in [4.69, 9.17) is 10.5 Å². The number of rotatable bonds is 12. The first-order chi connectivity index (χ1) is 14.7. The molecule has 31 heavy (non-hydrogen) atoms. The Balaban J connectivity index is 0.000000695. The van der Waals surface area contributed by atoms with Gasteiger partial charge in [0.15, 0.2) is 0 Å². The molecular weight excluding hydrogens is 400 g/mol. The van der Waals surface area contributed by atoms with Gasteiger partial charge in [-0.3, -0.25) is 10.1 Å². The van der Waals surface area contributed by atoms with Crippen molar-refractivity contribution in [2.24, 2.45) is 5.92 Å². The molecule has 1 atom stereocenters. The average molecular weight is 437 g/mol. The Labute approximate surface area is 185 Å². The number of aryl methyl sites for hydroxylation is 1. The maximum Gasteiger partial charge on any atom is 0.411 e. The van der Waals surface area contributed by atoms with Crippen molar-refractivity contribution in [3.8, 4) is 0 Å². The third kappa shape index (κ3) is 13.8. The molecule has 1 rings (SSSR count). The summed E-state index contributed by atoms with van der Waals surface area (Å²) < 4.78 is 14.1. The van der Waals surface area contributed by atoms with E-state index in [1.165, 1.54) is 12.8 Å². The van der Waals surface area contributed by atoms with Gasteiger partial charge in [-0.05, 0) is 43.9 Å². The van der Waals surface area contributed by atoms with Gasteiger partial charge in [-0.2, -0.15) is 0 Å². The molecule has 174 valence electrons. The number of anilines is 2. The first kappa shape index (κ1) is 28.0. The van der Waals surface area contributed by atoms with Crippen molar-refractivity contribution in [3.05, 3.63) is 35.9 Å². The number of nitrogens with one attached hydrogen (secondary N) is 1. The Morgan fingerprint density at radius 3 is 2.48 bits per heavy atom. The van der Waals surface area contributed by atoms with Crippen LogP contribution in [0.5, 0.6) is 0 Å². The fourth-order valence-electron chi connectivity index (χ4n) is 2.32. The number of ether oxygens (including phenoxy) is 3. The average Bonchev–Trinajstić information content (AvgIpc) is 2.74. The summed E-state index contributed by atoms with van der Waals surface area (Å²) in [6, 6.07) is 5.44. The van der Waals surface area contributed by atoms with Gasteiger partial charge in [-0.25, -0.2) is 9.59 Å². The van der Waals surface area contributed by atoms with Crippen molar-refractivity contribution in [1.82, 2.24) is 0 Å². The van der Waals surface area contributed by atoms with Gasteiger partial charge in [-0.15, -0.1) is 0 Å². The Kier molecular flexibility index (Phi) is 15.1. The number of carbonyl (C=O) groups is 3. The van der Waals surface area contributed by atoms with Crippen LogP contribution in [0.25, 0.3) is 0 Å². The first-order valence-electron chi connectivity index (χ1n) is 10.4. The Bertz CT molecular complexity index is 705. The molecule has 0 saturated heterocycles. The van der Waals surface area contributed by atoms with Crippen molar-refractivity contribution in [2.45, 2.75) is 53.4 Å². The van der Waals surface area contributed by atoms with Gasteiger partial charge < -0.3 is 19.9 Å². The van der Waals surface area contributed by atoms with Gasteiger partial charge in [0.1, 0.15) is 13.2 Å². The van der Waals surface area contributed by atoms with E-state index in [1.807, 2.05) is 19.1 Å². The van der Waals surface area contributed by atoms with E-state index in [2.05, 4.69) is 35.2 Å². The number of esters is 1. The number of hydrogen-bond donors (Lipinski definition) is 2.